The van der Waals surface area contributed by atoms with Gasteiger partial charge in [0.25, 0.3) is 5.91 Å². The number of carboxylic acids is 1. The highest BCUT2D eigenvalue weighted by Gasteiger charge is 2.30. The van der Waals surface area contributed by atoms with Crippen molar-refractivity contribution >= 4 is 17.8 Å². The molecule has 3 N–H and O–H groups in total. The fraction of sp³-hybridized carbons (Fsp3) is 0.471. The maximum absolute atomic E-state index is 12.0. The number of benzene rings is 1. The van der Waals surface area contributed by atoms with E-state index in [0.29, 0.717) is 24.3 Å². The normalized spacial score (nSPS) is 14.8. The van der Waals surface area contributed by atoms with Gasteiger partial charge >= 0.3 is 5.97 Å². The lowest BCUT2D eigenvalue weighted by Gasteiger charge is -2.14. The number of hydrogen-bond donors (Lipinski definition) is 3. The molecule has 1 aliphatic carbocycles. The average Bonchev–Trinajstić information content (AvgIpc) is 3.35. The highest BCUT2D eigenvalue weighted by molar-refractivity contribution is 5.94. The Bertz CT molecular complexity index is 596. The van der Waals surface area contributed by atoms with Crippen molar-refractivity contribution in [3.63, 3.8) is 0 Å². The first-order valence-corrected chi connectivity index (χ1v) is 7.82. The van der Waals surface area contributed by atoms with E-state index in [0.717, 1.165) is 18.4 Å². The van der Waals surface area contributed by atoms with E-state index in [1.807, 2.05) is 6.07 Å². The summed E-state index contributed by atoms with van der Waals surface area (Å²) in [6.45, 7) is 0. The molecule has 6 heteroatoms. The van der Waals surface area contributed by atoms with E-state index >= 15 is 0 Å². The highest BCUT2D eigenvalue weighted by atomic mass is 16.4. The fourth-order valence-electron chi connectivity index (χ4n) is 2.45. The summed E-state index contributed by atoms with van der Waals surface area (Å²) in [5, 5.41) is 14.3. The summed E-state index contributed by atoms with van der Waals surface area (Å²) in [5.74, 6) is -0.998. The van der Waals surface area contributed by atoms with Gasteiger partial charge in [-0.25, -0.2) is 4.79 Å². The molecule has 1 atom stereocenters. The zero-order chi connectivity index (χ0) is 16.8. The van der Waals surface area contributed by atoms with Gasteiger partial charge in [0.2, 0.25) is 5.91 Å². The van der Waals surface area contributed by atoms with Crippen LogP contribution in [0.5, 0.6) is 0 Å². The van der Waals surface area contributed by atoms with Crippen molar-refractivity contribution in [2.45, 2.75) is 38.1 Å². The molecule has 1 aliphatic rings. The lowest BCUT2D eigenvalue weighted by molar-refractivity contribution is -0.142. The van der Waals surface area contributed by atoms with Gasteiger partial charge in [-0.3, -0.25) is 9.59 Å². The van der Waals surface area contributed by atoms with Crippen molar-refractivity contribution in [1.29, 1.82) is 0 Å². The van der Waals surface area contributed by atoms with E-state index in [1.165, 1.54) is 0 Å². The van der Waals surface area contributed by atoms with Gasteiger partial charge in [-0.05, 0) is 36.5 Å². The van der Waals surface area contributed by atoms with Gasteiger partial charge in [-0.2, -0.15) is 0 Å². The largest absolute Gasteiger partial charge is 0.480 e. The van der Waals surface area contributed by atoms with Crippen molar-refractivity contribution in [2.75, 3.05) is 7.05 Å². The number of aryl methyl sites for hydroxylation is 1. The summed E-state index contributed by atoms with van der Waals surface area (Å²) in [6.07, 6.45) is 3.27. The Morgan fingerprint density at radius 3 is 2.65 bits per heavy atom. The molecule has 2 amide bonds. The summed E-state index contributed by atoms with van der Waals surface area (Å²) in [6, 6.07) is 6.26. The van der Waals surface area contributed by atoms with Crippen molar-refractivity contribution in [1.82, 2.24) is 10.6 Å². The third-order valence-electron chi connectivity index (χ3n) is 3.96. The van der Waals surface area contributed by atoms with Crippen LogP contribution in [0.25, 0.3) is 0 Å². The molecular weight excluding hydrogens is 296 g/mol. The number of aliphatic carboxylic acids is 1. The second-order valence-corrected chi connectivity index (χ2v) is 5.92. The second kappa shape index (κ2) is 7.76. The molecule has 0 spiro atoms. The van der Waals surface area contributed by atoms with Gasteiger partial charge in [0, 0.05) is 19.0 Å². The smallest absolute Gasteiger partial charge is 0.326 e. The Morgan fingerprint density at radius 1 is 1.30 bits per heavy atom. The molecule has 0 saturated heterocycles. The predicted molar refractivity (Wildman–Crippen MR) is 85.1 cm³/mol. The predicted octanol–water partition coefficient (Wildman–Crippen LogP) is 1.35. The van der Waals surface area contributed by atoms with Gasteiger partial charge in [0.15, 0.2) is 0 Å². The van der Waals surface area contributed by atoms with Gasteiger partial charge in [0.1, 0.15) is 6.04 Å². The van der Waals surface area contributed by atoms with Crippen LogP contribution in [-0.4, -0.2) is 36.0 Å². The topological polar surface area (TPSA) is 95.5 Å². The van der Waals surface area contributed by atoms with Gasteiger partial charge in [0.05, 0.1) is 0 Å². The fourth-order valence-corrected chi connectivity index (χ4v) is 2.45. The van der Waals surface area contributed by atoms with E-state index in [-0.39, 0.29) is 18.2 Å². The number of carboxylic acid groups (broad SMARTS) is 1. The minimum absolute atomic E-state index is 0.174. The van der Waals surface area contributed by atoms with Crippen LogP contribution in [0.2, 0.25) is 0 Å². The zero-order valence-electron chi connectivity index (χ0n) is 13.2. The second-order valence-electron chi connectivity index (χ2n) is 5.92. The Morgan fingerprint density at radius 2 is 2.04 bits per heavy atom. The van der Waals surface area contributed by atoms with Crippen molar-refractivity contribution in [3.8, 4) is 0 Å². The van der Waals surface area contributed by atoms with Crippen LogP contribution in [-0.2, 0) is 16.0 Å². The van der Waals surface area contributed by atoms with E-state index in [2.05, 4.69) is 10.6 Å². The molecule has 1 aromatic rings. The quantitative estimate of drug-likeness (QED) is 0.674. The molecule has 23 heavy (non-hydrogen) atoms. The maximum Gasteiger partial charge on any atom is 0.326 e. The first-order chi connectivity index (χ1) is 11.0. The molecule has 0 bridgehead atoms. The molecule has 6 nitrogen and oxygen atoms in total. The van der Waals surface area contributed by atoms with Crippen LogP contribution < -0.4 is 10.6 Å². The minimum atomic E-state index is -0.980. The number of hydrogen-bond acceptors (Lipinski definition) is 3. The lowest BCUT2D eigenvalue weighted by atomic mass is 10.1. The molecule has 1 fully saturated rings. The zero-order valence-corrected chi connectivity index (χ0v) is 13.2. The number of carbonyl (C=O) groups excluding carboxylic acids is 2. The molecule has 1 unspecified atom stereocenters. The van der Waals surface area contributed by atoms with Crippen LogP contribution in [0.4, 0.5) is 0 Å². The third kappa shape index (κ3) is 5.39. The molecule has 0 aliphatic heterocycles. The van der Waals surface area contributed by atoms with Gasteiger partial charge in [-0.1, -0.05) is 25.0 Å². The van der Waals surface area contributed by atoms with E-state index in [9.17, 15) is 14.4 Å². The monoisotopic (exact) mass is 318 g/mol. The molecule has 0 radical (unpaired) electrons. The molecular formula is C17H22N2O4. The molecule has 0 heterocycles. The van der Waals surface area contributed by atoms with Crippen LogP contribution >= 0.6 is 0 Å². The summed E-state index contributed by atoms with van der Waals surface area (Å²) in [7, 11) is 1.56. The van der Waals surface area contributed by atoms with Gasteiger partial charge < -0.3 is 15.7 Å². The highest BCUT2D eigenvalue weighted by Crippen LogP contribution is 2.33. The molecule has 124 valence electrons. The first kappa shape index (κ1) is 17.0. The number of amides is 2. The SMILES string of the molecule is CNC(=O)c1cccc(CCC(=O)NC(CC2CC2)C(=O)O)c1. The van der Waals surface area contributed by atoms with E-state index < -0.39 is 12.0 Å². The molecule has 1 saturated carbocycles. The van der Waals surface area contributed by atoms with Crippen LogP contribution in [0.15, 0.2) is 24.3 Å². The third-order valence-corrected chi connectivity index (χ3v) is 3.96. The first-order valence-electron chi connectivity index (χ1n) is 7.82. The number of nitrogens with one attached hydrogen (secondary N) is 2. The summed E-state index contributed by atoms with van der Waals surface area (Å²) >= 11 is 0. The number of carbonyl (C=O) groups is 3. The van der Waals surface area contributed by atoms with Crippen molar-refractivity contribution in [2.24, 2.45) is 5.92 Å². The Labute approximate surface area is 135 Å². The van der Waals surface area contributed by atoms with Crippen molar-refractivity contribution in [3.05, 3.63) is 35.4 Å². The number of rotatable bonds is 8. The Balaban J connectivity index is 1.85. The summed E-state index contributed by atoms with van der Waals surface area (Å²) < 4.78 is 0. The molecule has 1 aromatic carbocycles. The molecule has 0 aromatic heterocycles. The van der Waals surface area contributed by atoms with Crippen LogP contribution in [0.1, 0.15) is 41.6 Å². The van der Waals surface area contributed by atoms with E-state index in [1.54, 1.807) is 25.2 Å². The standard InChI is InChI=1S/C17H22N2O4/c1-18-16(21)13-4-2-3-11(9-13)7-8-15(20)19-14(17(22)23)10-12-5-6-12/h2-4,9,12,14H,5-8,10H2,1H3,(H,18,21)(H,19,20)(H,22,23). The summed E-state index contributed by atoms with van der Waals surface area (Å²) in [5.41, 5.74) is 1.41. The average molecular weight is 318 g/mol. The van der Waals surface area contributed by atoms with Crippen molar-refractivity contribution < 1.29 is 19.5 Å². The molecule has 2 rings (SSSR count). The minimum Gasteiger partial charge on any atom is -0.480 e. The Hall–Kier alpha value is -2.37. The Kier molecular flexibility index (Phi) is 5.73. The van der Waals surface area contributed by atoms with Crippen LogP contribution in [0.3, 0.4) is 0 Å². The van der Waals surface area contributed by atoms with Crippen LogP contribution in [0, 0.1) is 5.92 Å². The van der Waals surface area contributed by atoms with Gasteiger partial charge in [-0.15, -0.1) is 0 Å². The maximum atomic E-state index is 12.0. The lowest BCUT2D eigenvalue weighted by Crippen LogP contribution is -2.41. The van der Waals surface area contributed by atoms with E-state index in [4.69, 9.17) is 5.11 Å². The summed E-state index contributed by atoms with van der Waals surface area (Å²) in [4.78, 5) is 34.7.